The molecule has 0 N–H and O–H groups in total. The van der Waals surface area contributed by atoms with Crippen LogP contribution in [0.25, 0.3) is 6.08 Å². The normalized spacial score (nSPS) is 11.1. The van der Waals surface area contributed by atoms with E-state index in [1.807, 2.05) is 30.3 Å². The Hall–Kier alpha value is -1.90. The van der Waals surface area contributed by atoms with E-state index >= 15 is 0 Å². The second-order valence-electron chi connectivity index (χ2n) is 4.00. The molecule has 0 amide bonds. The van der Waals surface area contributed by atoms with Gasteiger partial charge in [-0.15, -0.1) is 0 Å². The highest BCUT2D eigenvalue weighted by molar-refractivity contribution is 5.94. The minimum absolute atomic E-state index is 0.0678. The van der Waals surface area contributed by atoms with Crippen LogP contribution in [0.4, 0.5) is 0 Å². The van der Waals surface area contributed by atoms with Gasteiger partial charge in [-0.3, -0.25) is 0 Å². The van der Waals surface area contributed by atoms with Gasteiger partial charge >= 0.3 is 5.97 Å². The molecule has 1 aromatic rings. The number of hydrogen-bond acceptors (Lipinski definition) is 3. The first-order valence-corrected chi connectivity index (χ1v) is 6.05. The highest BCUT2D eigenvalue weighted by Crippen LogP contribution is 2.13. The summed E-state index contributed by atoms with van der Waals surface area (Å²) in [6.45, 7) is 3.62. The van der Waals surface area contributed by atoms with Crippen LogP contribution >= 0.6 is 0 Å². The van der Waals surface area contributed by atoms with Gasteiger partial charge in [-0.2, -0.15) is 0 Å². The second-order valence-corrected chi connectivity index (χ2v) is 4.00. The van der Waals surface area contributed by atoms with E-state index < -0.39 is 0 Å². The molecule has 0 aromatic heterocycles. The molecular weight excluding hydrogens is 228 g/mol. The molecule has 0 unspecified atom stereocenters. The monoisotopic (exact) mass is 246 g/mol. The van der Waals surface area contributed by atoms with E-state index in [1.165, 1.54) is 6.92 Å². The molecule has 3 nitrogen and oxygen atoms in total. The van der Waals surface area contributed by atoms with E-state index in [0.29, 0.717) is 25.0 Å². The van der Waals surface area contributed by atoms with E-state index in [9.17, 15) is 9.59 Å². The average molecular weight is 246 g/mol. The summed E-state index contributed by atoms with van der Waals surface area (Å²) in [4.78, 5) is 22.8. The minimum Gasteiger partial charge on any atom is -0.463 e. The Labute approximate surface area is 107 Å². The maximum Gasteiger partial charge on any atom is 0.334 e. The lowest BCUT2D eigenvalue weighted by atomic mass is 10.0. The average Bonchev–Trinajstić information content (AvgIpc) is 2.35. The summed E-state index contributed by atoms with van der Waals surface area (Å²) in [5.74, 6) is -0.277. The van der Waals surface area contributed by atoms with Crippen molar-refractivity contribution in [1.29, 1.82) is 0 Å². The molecule has 0 saturated heterocycles. The number of hydrogen-bond donors (Lipinski definition) is 0. The fourth-order valence-corrected chi connectivity index (χ4v) is 1.52. The number of ketones is 1. The number of Topliss-reactive ketones (excluding diaryl/α,β-unsaturated/α-hetero) is 1. The molecule has 0 atom stereocenters. The third-order valence-corrected chi connectivity index (χ3v) is 2.42. The molecule has 0 bridgehead atoms. The van der Waals surface area contributed by atoms with Gasteiger partial charge in [-0.05, 0) is 31.9 Å². The molecule has 96 valence electrons. The van der Waals surface area contributed by atoms with E-state index in [-0.39, 0.29) is 11.8 Å². The smallest absolute Gasteiger partial charge is 0.334 e. The van der Waals surface area contributed by atoms with Crippen molar-refractivity contribution in [2.75, 3.05) is 6.61 Å². The van der Waals surface area contributed by atoms with Crippen LogP contribution in [0.1, 0.15) is 32.3 Å². The van der Waals surface area contributed by atoms with Crippen LogP contribution in [0.15, 0.2) is 35.9 Å². The van der Waals surface area contributed by atoms with Gasteiger partial charge in [0.15, 0.2) is 0 Å². The summed E-state index contributed by atoms with van der Waals surface area (Å²) >= 11 is 0. The molecule has 0 fully saturated rings. The maximum absolute atomic E-state index is 11.8. The summed E-state index contributed by atoms with van der Waals surface area (Å²) in [6.07, 6.45) is 2.56. The van der Waals surface area contributed by atoms with E-state index in [4.69, 9.17) is 4.74 Å². The van der Waals surface area contributed by atoms with Crippen LogP contribution in [0.5, 0.6) is 0 Å². The highest BCUT2D eigenvalue weighted by Gasteiger charge is 2.11. The molecule has 1 aromatic carbocycles. The quantitative estimate of drug-likeness (QED) is 0.572. The summed E-state index contributed by atoms with van der Waals surface area (Å²) in [7, 11) is 0. The van der Waals surface area contributed by atoms with Crippen LogP contribution in [-0.2, 0) is 14.3 Å². The molecule has 0 aliphatic heterocycles. The molecule has 0 aliphatic carbocycles. The zero-order chi connectivity index (χ0) is 13.4. The Kier molecular flexibility index (Phi) is 5.85. The molecule has 1 rings (SSSR count). The number of esters is 1. The number of benzene rings is 1. The van der Waals surface area contributed by atoms with Crippen LogP contribution in [0.3, 0.4) is 0 Å². The van der Waals surface area contributed by atoms with Crippen molar-refractivity contribution < 1.29 is 14.3 Å². The van der Waals surface area contributed by atoms with Crippen LogP contribution in [0.2, 0.25) is 0 Å². The first kappa shape index (κ1) is 14.2. The number of rotatable bonds is 6. The molecule has 0 radical (unpaired) electrons. The topological polar surface area (TPSA) is 43.4 Å². The Morgan fingerprint density at radius 3 is 2.39 bits per heavy atom. The summed E-state index contributed by atoms with van der Waals surface area (Å²) < 4.78 is 4.99. The van der Waals surface area contributed by atoms with Gasteiger partial charge in [0, 0.05) is 12.0 Å². The lowest BCUT2D eigenvalue weighted by molar-refractivity contribution is -0.138. The first-order chi connectivity index (χ1) is 8.63. The van der Waals surface area contributed by atoms with Crippen molar-refractivity contribution in [3.63, 3.8) is 0 Å². The first-order valence-electron chi connectivity index (χ1n) is 6.05. The van der Waals surface area contributed by atoms with Gasteiger partial charge in [-0.1, -0.05) is 30.3 Å². The Bertz CT molecular complexity index is 432. The zero-order valence-electron chi connectivity index (χ0n) is 10.8. The van der Waals surface area contributed by atoms with E-state index in [2.05, 4.69) is 0 Å². The minimum atomic E-state index is -0.345. The summed E-state index contributed by atoms with van der Waals surface area (Å²) in [5.41, 5.74) is 1.47. The Morgan fingerprint density at radius 2 is 1.83 bits per heavy atom. The predicted octanol–water partition coefficient (Wildman–Crippen LogP) is 3.00. The highest BCUT2D eigenvalue weighted by atomic mass is 16.5. The lowest BCUT2D eigenvalue weighted by Crippen LogP contribution is -2.08. The molecule has 0 aliphatic rings. The molecule has 0 heterocycles. The van der Waals surface area contributed by atoms with Gasteiger partial charge < -0.3 is 9.53 Å². The summed E-state index contributed by atoms with van der Waals surface area (Å²) in [6, 6.07) is 9.54. The Balaban J connectivity index is 2.85. The van der Waals surface area contributed by atoms with Crippen molar-refractivity contribution in [2.45, 2.75) is 26.7 Å². The third kappa shape index (κ3) is 4.95. The van der Waals surface area contributed by atoms with Crippen molar-refractivity contribution in [2.24, 2.45) is 0 Å². The van der Waals surface area contributed by atoms with Crippen LogP contribution in [0, 0.1) is 0 Å². The third-order valence-electron chi connectivity index (χ3n) is 2.42. The van der Waals surface area contributed by atoms with E-state index in [1.54, 1.807) is 13.0 Å². The van der Waals surface area contributed by atoms with Gasteiger partial charge in [0.2, 0.25) is 0 Å². The molecule has 0 saturated carbocycles. The van der Waals surface area contributed by atoms with Crippen LogP contribution < -0.4 is 0 Å². The molecule has 0 spiro atoms. The summed E-state index contributed by atoms with van der Waals surface area (Å²) in [5, 5.41) is 0. The van der Waals surface area contributed by atoms with Gasteiger partial charge in [0.1, 0.15) is 5.78 Å². The number of carbonyl (C=O) groups is 2. The fraction of sp³-hybridized carbons (Fsp3) is 0.333. The second kappa shape index (κ2) is 7.43. The molecule has 18 heavy (non-hydrogen) atoms. The van der Waals surface area contributed by atoms with Gasteiger partial charge in [-0.25, -0.2) is 4.79 Å². The lowest BCUT2D eigenvalue weighted by Gasteiger charge is -2.06. The van der Waals surface area contributed by atoms with Crippen molar-refractivity contribution in [3.05, 3.63) is 41.5 Å². The van der Waals surface area contributed by atoms with Crippen molar-refractivity contribution >= 4 is 17.8 Å². The standard InChI is InChI=1S/C15H18O3/c1-3-18-15(17)14(10-9-12(2)16)11-13-7-5-4-6-8-13/h4-8,11H,3,9-10H2,1-2H3/b14-11+. The maximum atomic E-state index is 11.8. The molecular formula is C15H18O3. The molecule has 3 heteroatoms. The Morgan fingerprint density at radius 1 is 1.17 bits per heavy atom. The number of carbonyl (C=O) groups excluding carboxylic acids is 2. The SMILES string of the molecule is CCOC(=O)/C(=C/c1ccccc1)CCC(C)=O. The fourth-order valence-electron chi connectivity index (χ4n) is 1.52. The van der Waals surface area contributed by atoms with E-state index in [0.717, 1.165) is 5.56 Å². The van der Waals surface area contributed by atoms with Crippen molar-refractivity contribution in [1.82, 2.24) is 0 Å². The zero-order valence-corrected chi connectivity index (χ0v) is 10.8. The predicted molar refractivity (Wildman–Crippen MR) is 71.0 cm³/mol. The van der Waals surface area contributed by atoms with Gasteiger partial charge in [0.25, 0.3) is 0 Å². The largest absolute Gasteiger partial charge is 0.463 e. The van der Waals surface area contributed by atoms with Crippen molar-refractivity contribution in [3.8, 4) is 0 Å². The number of ether oxygens (including phenoxy) is 1. The van der Waals surface area contributed by atoms with Crippen LogP contribution in [-0.4, -0.2) is 18.4 Å². The van der Waals surface area contributed by atoms with Gasteiger partial charge in [0.05, 0.1) is 6.61 Å².